The summed E-state index contributed by atoms with van der Waals surface area (Å²) in [5.41, 5.74) is 0.704. The number of alkyl halides is 2. The molecule has 0 spiro atoms. The maximum absolute atomic E-state index is 13.0. The second-order valence-electron chi connectivity index (χ2n) is 9.32. The monoisotopic (exact) mass is 708 g/mol. The van der Waals surface area contributed by atoms with Crippen molar-refractivity contribution in [2.75, 3.05) is 5.34 Å². The van der Waals surface area contributed by atoms with Crippen LogP contribution < -0.4 is 21.7 Å². The summed E-state index contributed by atoms with van der Waals surface area (Å²) >= 11 is 9.53. The SMILES string of the molecule is CC(C)(C)[S@@](=O)N=Cc1cc(F)cc(F)c1.C[C@H](N[S@](=O)C(C)(C)C)c1cc(F)cc(F)c1.ClCCl.[Br-].[CH3-].[Mg+2]. The molecule has 0 bridgehead atoms. The zero-order valence-electron chi connectivity index (χ0n) is 23.3. The molecule has 0 saturated carbocycles. The van der Waals surface area contributed by atoms with Gasteiger partial charge in [-0.25, -0.2) is 30.7 Å². The molecule has 0 saturated heterocycles. The Morgan fingerprint density at radius 2 is 1.21 bits per heavy atom. The first-order valence-corrected chi connectivity index (χ1v) is 13.9. The van der Waals surface area contributed by atoms with E-state index in [4.69, 9.17) is 23.2 Å². The Labute approximate surface area is 272 Å². The minimum Gasteiger partial charge on any atom is -1.00 e. The molecule has 2 aromatic carbocycles. The summed E-state index contributed by atoms with van der Waals surface area (Å²) in [7, 11) is -2.70. The van der Waals surface area contributed by atoms with Gasteiger partial charge in [-0.05, 0) is 83.9 Å². The van der Waals surface area contributed by atoms with Crippen LogP contribution in [0.25, 0.3) is 0 Å². The maximum Gasteiger partial charge on any atom is 2.00 e. The number of benzene rings is 2. The minimum absolute atomic E-state index is 0. The average Bonchev–Trinajstić information content (AvgIpc) is 2.70. The van der Waals surface area contributed by atoms with Crippen LogP contribution in [0.1, 0.15) is 65.6 Å². The maximum atomic E-state index is 13.0. The third-order valence-electron chi connectivity index (χ3n) is 3.93. The van der Waals surface area contributed by atoms with Crippen molar-refractivity contribution in [3.63, 3.8) is 0 Å². The summed E-state index contributed by atoms with van der Waals surface area (Å²) in [4.78, 5) is 0. The van der Waals surface area contributed by atoms with Crippen LogP contribution in [0.5, 0.6) is 0 Å². The Hall–Kier alpha value is -0.0838. The molecule has 1 N–H and O–H groups in total. The molecule has 0 aliphatic heterocycles. The Balaban J connectivity index is -0.000000267. The van der Waals surface area contributed by atoms with Crippen molar-refractivity contribution in [3.05, 3.63) is 78.2 Å². The Morgan fingerprint density at radius 3 is 1.54 bits per heavy atom. The van der Waals surface area contributed by atoms with Gasteiger partial charge in [-0.15, -0.1) is 23.2 Å². The molecule has 2 rings (SSSR count). The van der Waals surface area contributed by atoms with Crippen molar-refractivity contribution in [3.8, 4) is 0 Å². The van der Waals surface area contributed by atoms with Crippen molar-refractivity contribution >= 4 is 74.4 Å². The van der Waals surface area contributed by atoms with Gasteiger partial charge >= 0.3 is 23.1 Å². The van der Waals surface area contributed by atoms with Crippen LogP contribution >= 0.6 is 23.2 Å². The van der Waals surface area contributed by atoms with Crippen LogP contribution in [0.3, 0.4) is 0 Å². The molecule has 0 aliphatic carbocycles. The van der Waals surface area contributed by atoms with Crippen molar-refractivity contribution in [2.45, 2.75) is 64.0 Å². The zero-order valence-corrected chi connectivity index (χ0v) is 29.4. The van der Waals surface area contributed by atoms with Gasteiger partial charge in [0, 0.05) is 24.4 Å². The Bertz CT molecular complexity index is 1030. The number of hydrogen-bond acceptors (Lipinski definition) is 2. The topological polar surface area (TPSA) is 58.5 Å². The second-order valence-corrected chi connectivity index (χ2v) is 14.1. The van der Waals surface area contributed by atoms with Gasteiger partial charge in [0.15, 0.2) is 0 Å². The van der Waals surface area contributed by atoms with E-state index in [1.165, 1.54) is 18.3 Å². The molecule has 0 aromatic heterocycles. The van der Waals surface area contributed by atoms with Gasteiger partial charge in [0.25, 0.3) is 0 Å². The van der Waals surface area contributed by atoms with E-state index >= 15 is 0 Å². The van der Waals surface area contributed by atoms with E-state index in [-0.39, 0.29) is 64.4 Å². The van der Waals surface area contributed by atoms with Gasteiger partial charge in [0.1, 0.15) is 34.3 Å². The quantitative estimate of drug-likeness (QED) is 0.164. The van der Waals surface area contributed by atoms with Crippen LogP contribution in [0.2, 0.25) is 0 Å². The first kappa shape index (κ1) is 45.9. The minimum atomic E-state index is -1.43. The third kappa shape index (κ3) is 20.4. The van der Waals surface area contributed by atoms with Crippen LogP contribution in [0, 0.1) is 30.7 Å². The van der Waals surface area contributed by atoms with Crippen LogP contribution in [-0.4, -0.2) is 52.5 Å². The second kappa shape index (κ2) is 21.6. The molecule has 3 atom stereocenters. The van der Waals surface area contributed by atoms with E-state index in [9.17, 15) is 26.0 Å². The van der Waals surface area contributed by atoms with E-state index in [2.05, 4.69) is 9.12 Å². The predicted octanol–water partition coefficient (Wildman–Crippen LogP) is 4.42. The smallest absolute Gasteiger partial charge is 1.00 e. The Kier molecular flexibility index (Phi) is 25.4. The zero-order chi connectivity index (χ0) is 28.3. The molecule has 0 fully saturated rings. The fraction of sp³-hybridized carbons (Fsp3) is 0.440. The molecule has 220 valence electrons. The number of nitrogens with one attached hydrogen (secondary N) is 1. The van der Waals surface area contributed by atoms with Gasteiger partial charge in [0.05, 0.1) is 25.8 Å². The summed E-state index contributed by atoms with van der Waals surface area (Å²) < 4.78 is 80.7. The van der Waals surface area contributed by atoms with Crippen molar-refractivity contribution in [1.29, 1.82) is 0 Å². The van der Waals surface area contributed by atoms with Crippen molar-refractivity contribution < 1.29 is 43.0 Å². The van der Waals surface area contributed by atoms with E-state index in [0.29, 0.717) is 5.56 Å². The molecule has 0 unspecified atom stereocenters. The largest absolute Gasteiger partial charge is 2.00 e. The van der Waals surface area contributed by atoms with Gasteiger partial charge in [-0.1, -0.05) is 0 Å². The van der Waals surface area contributed by atoms with Gasteiger partial charge < -0.3 is 24.4 Å². The van der Waals surface area contributed by atoms with E-state index in [1.807, 2.05) is 20.8 Å². The molecular weight excluding hydrogens is 676 g/mol. The summed E-state index contributed by atoms with van der Waals surface area (Å²) in [6.07, 6.45) is 1.22. The van der Waals surface area contributed by atoms with E-state index in [0.717, 1.165) is 24.3 Å². The van der Waals surface area contributed by atoms with E-state index < -0.39 is 54.7 Å². The van der Waals surface area contributed by atoms with Gasteiger partial charge in [-0.3, -0.25) is 0 Å². The first-order chi connectivity index (χ1) is 16.4. The third-order valence-corrected chi connectivity index (χ3v) is 6.96. The fourth-order valence-electron chi connectivity index (χ4n) is 2.15. The normalized spacial score (nSPS) is 13.2. The predicted molar refractivity (Wildman–Crippen MR) is 156 cm³/mol. The fourth-order valence-corrected chi connectivity index (χ4v) is 3.49. The van der Waals surface area contributed by atoms with Crippen LogP contribution in [0.15, 0.2) is 40.8 Å². The molecule has 14 heteroatoms. The number of halogens is 7. The van der Waals surface area contributed by atoms with E-state index in [1.54, 1.807) is 27.7 Å². The summed E-state index contributed by atoms with van der Waals surface area (Å²) in [6.45, 7) is 12.5. The number of nitrogens with zero attached hydrogens (tertiary/aromatic N) is 1. The van der Waals surface area contributed by atoms with Crippen molar-refractivity contribution in [2.24, 2.45) is 4.40 Å². The molecule has 39 heavy (non-hydrogen) atoms. The van der Waals surface area contributed by atoms with Crippen LogP contribution in [0.4, 0.5) is 17.6 Å². The molecular formula is C25H35BrCl2F4MgN2O2S2. The number of rotatable bonds is 5. The molecule has 0 aliphatic rings. The standard InChI is InChI=1S/C12H17F2NOS.C11H13F2NOS.CH2Cl2.CH3.BrH.Mg/c1-8(15-17(16)12(2,3)4)9-5-10(13)7-11(14)6-9;1-11(2,3)16(15)14-7-8-4-9(12)6-10(13)5-8;2-1-3;;;/h5-8,15H,1-4H3;4-7H,1-3H3;1H2;1H3;1H;/q;;;-1;;+2/p-1/t8-,17+;16-;;;;/m01..../s1. The Morgan fingerprint density at radius 1 is 0.846 bits per heavy atom. The van der Waals surface area contributed by atoms with Crippen molar-refractivity contribution in [1.82, 2.24) is 4.72 Å². The first-order valence-electron chi connectivity index (χ1n) is 10.6. The van der Waals surface area contributed by atoms with Gasteiger partial charge in [-0.2, -0.15) is 4.40 Å². The van der Waals surface area contributed by atoms with Crippen LogP contribution in [-0.2, 0) is 22.0 Å². The molecule has 0 heterocycles. The summed E-state index contributed by atoms with van der Waals surface area (Å²) in [5.74, 6) is -2.61. The average molecular weight is 711 g/mol. The summed E-state index contributed by atoms with van der Waals surface area (Å²) in [6, 6.07) is 5.95. The molecule has 4 nitrogen and oxygen atoms in total. The number of hydrogen-bond donors (Lipinski definition) is 1. The van der Waals surface area contributed by atoms with Gasteiger partial charge in [0.2, 0.25) is 0 Å². The molecule has 0 radical (unpaired) electrons. The summed E-state index contributed by atoms with van der Waals surface area (Å²) in [5, 5.41) is 0.194. The molecule has 2 aromatic rings. The molecule has 0 amide bonds.